The van der Waals surface area contributed by atoms with Crippen molar-refractivity contribution >= 4 is 23.3 Å². The molecule has 1 rings (SSSR count). The summed E-state index contributed by atoms with van der Waals surface area (Å²) >= 11 is 5.48. The lowest BCUT2D eigenvalue weighted by Gasteiger charge is -2.11. The highest BCUT2D eigenvalue weighted by Crippen LogP contribution is 2.16. The van der Waals surface area contributed by atoms with Gasteiger partial charge in [0, 0.05) is 12.2 Å². The lowest BCUT2D eigenvalue weighted by Crippen LogP contribution is -2.20. The van der Waals surface area contributed by atoms with Gasteiger partial charge in [-0.05, 0) is 30.7 Å². The third kappa shape index (κ3) is 3.91. The van der Waals surface area contributed by atoms with E-state index in [0.717, 1.165) is 11.3 Å². The van der Waals surface area contributed by atoms with Crippen molar-refractivity contribution < 1.29 is 14.6 Å². The number of halogens is 1. The molecule has 17 heavy (non-hydrogen) atoms. The van der Waals surface area contributed by atoms with Crippen molar-refractivity contribution in [1.29, 1.82) is 0 Å². The smallest absolute Gasteiger partial charge is 0.338 e. The standard InChI is InChI=1S/C12H16ClNO3/c1-8-5-9(14-7-10(15)6-13)3-4-11(8)12(16)17-2/h3-5,10,14-15H,6-7H2,1-2H3. The highest BCUT2D eigenvalue weighted by molar-refractivity contribution is 6.18. The summed E-state index contributed by atoms with van der Waals surface area (Å²) in [4.78, 5) is 11.4. The normalized spacial score (nSPS) is 12.0. The number of benzene rings is 1. The van der Waals surface area contributed by atoms with E-state index in [2.05, 4.69) is 10.1 Å². The quantitative estimate of drug-likeness (QED) is 0.624. The van der Waals surface area contributed by atoms with Crippen molar-refractivity contribution in [3.8, 4) is 0 Å². The van der Waals surface area contributed by atoms with E-state index in [1.54, 1.807) is 12.1 Å². The third-order valence-corrected chi connectivity index (χ3v) is 2.71. The van der Waals surface area contributed by atoms with Crippen molar-refractivity contribution in [2.45, 2.75) is 13.0 Å². The zero-order valence-corrected chi connectivity index (χ0v) is 10.6. The number of rotatable bonds is 5. The topological polar surface area (TPSA) is 58.6 Å². The summed E-state index contributed by atoms with van der Waals surface area (Å²) < 4.78 is 4.66. The highest BCUT2D eigenvalue weighted by Gasteiger charge is 2.09. The van der Waals surface area contributed by atoms with Crippen LogP contribution in [0.5, 0.6) is 0 Å². The molecule has 94 valence electrons. The highest BCUT2D eigenvalue weighted by atomic mass is 35.5. The molecule has 4 nitrogen and oxygen atoms in total. The molecule has 0 bridgehead atoms. The number of methoxy groups -OCH3 is 1. The Balaban J connectivity index is 2.72. The van der Waals surface area contributed by atoms with Crippen LogP contribution in [0.2, 0.25) is 0 Å². The fourth-order valence-electron chi connectivity index (χ4n) is 1.40. The van der Waals surface area contributed by atoms with E-state index in [1.165, 1.54) is 7.11 Å². The molecule has 0 aliphatic rings. The maximum atomic E-state index is 11.4. The Hall–Kier alpha value is -1.26. The van der Waals surface area contributed by atoms with E-state index >= 15 is 0 Å². The van der Waals surface area contributed by atoms with Crippen LogP contribution >= 0.6 is 11.6 Å². The lowest BCUT2D eigenvalue weighted by molar-refractivity contribution is 0.0600. The van der Waals surface area contributed by atoms with Gasteiger partial charge in [0.1, 0.15) is 0 Å². The fourth-order valence-corrected chi connectivity index (χ4v) is 1.51. The zero-order valence-electron chi connectivity index (χ0n) is 9.87. The maximum Gasteiger partial charge on any atom is 0.338 e. The number of alkyl halides is 1. The van der Waals surface area contributed by atoms with Crippen LogP contribution in [0.1, 0.15) is 15.9 Å². The molecule has 0 amide bonds. The molecule has 0 saturated carbocycles. The predicted molar refractivity (Wildman–Crippen MR) is 67.7 cm³/mol. The first-order chi connectivity index (χ1) is 8.08. The minimum atomic E-state index is -0.586. The van der Waals surface area contributed by atoms with Gasteiger partial charge in [-0.15, -0.1) is 11.6 Å². The number of aliphatic hydroxyl groups excluding tert-OH is 1. The molecule has 0 aromatic heterocycles. The van der Waals surface area contributed by atoms with Gasteiger partial charge < -0.3 is 15.2 Å². The lowest BCUT2D eigenvalue weighted by atomic mass is 10.1. The molecule has 1 atom stereocenters. The van der Waals surface area contributed by atoms with Gasteiger partial charge in [0.2, 0.25) is 0 Å². The van der Waals surface area contributed by atoms with Gasteiger partial charge in [-0.3, -0.25) is 0 Å². The van der Waals surface area contributed by atoms with E-state index in [-0.39, 0.29) is 11.8 Å². The molecular formula is C12H16ClNO3. The molecule has 1 aromatic rings. The molecule has 0 aliphatic carbocycles. The van der Waals surface area contributed by atoms with Crippen LogP contribution in [0.3, 0.4) is 0 Å². The Kier molecular flexibility index (Phi) is 5.25. The summed E-state index contributed by atoms with van der Waals surface area (Å²) in [5, 5.41) is 12.3. The first kappa shape index (κ1) is 13.8. The van der Waals surface area contributed by atoms with Crippen molar-refractivity contribution in [3.05, 3.63) is 29.3 Å². The van der Waals surface area contributed by atoms with Crippen LogP contribution < -0.4 is 5.32 Å². The van der Waals surface area contributed by atoms with Gasteiger partial charge >= 0.3 is 5.97 Å². The van der Waals surface area contributed by atoms with Crippen LogP contribution in [-0.4, -0.2) is 36.7 Å². The second-order valence-corrected chi connectivity index (χ2v) is 4.02. The number of anilines is 1. The summed E-state index contributed by atoms with van der Waals surface area (Å²) in [5.74, 6) is -0.165. The minimum absolute atomic E-state index is 0.187. The van der Waals surface area contributed by atoms with E-state index < -0.39 is 6.10 Å². The van der Waals surface area contributed by atoms with Gasteiger partial charge in [-0.2, -0.15) is 0 Å². The number of aliphatic hydroxyl groups is 1. The maximum absolute atomic E-state index is 11.4. The van der Waals surface area contributed by atoms with E-state index in [0.29, 0.717) is 12.1 Å². The van der Waals surface area contributed by atoms with Crippen molar-refractivity contribution in [2.24, 2.45) is 0 Å². The van der Waals surface area contributed by atoms with E-state index in [9.17, 15) is 9.90 Å². The Bertz CT molecular complexity index is 395. The Morgan fingerprint density at radius 2 is 2.29 bits per heavy atom. The Labute approximate surface area is 106 Å². The number of carbonyl (C=O) groups excluding carboxylic acids is 1. The van der Waals surface area contributed by atoms with Crippen molar-refractivity contribution in [3.63, 3.8) is 0 Å². The summed E-state index contributed by atoms with van der Waals surface area (Å²) in [5.41, 5.74) is 2.19. The molecule has 5 heteroatoms. The van der Waals surface area contributed by atoms with Crippen LogP contribution in [0.4, 0.5) is 5.69 Å². The number of carbonyl (C=O) groups is 1. The number of hydrogen-bond acceptors (Lipinski definition) is 4. The van der Waals surface area contributed by atoms with Crippen molar-refractivity contribution in [1.82, 2.24) is 0 Å². The zero-order chi connectivity index (χ0) is 12.8. The average Bonchev–Trinajstić information content (AvgIpc) is 2.35. The monoisotopic (exact) mass is 257 g/mol. The first-order valence-corrected chi connectivity index (χ1v) is 5.78. The molecule has 0 saturated heterocycles. The molecule has 0 heterocycles. The van der Waals surface area contributed by atoms with Crippen LogP contribution in [0.15, 0.2) is 18.2 Å². The third-order valence-electron chi connectivity index (χ3n) is 2.35. The van der Waals surface area contributed by atoms with Crippen molar-refractivity contribution in [2.75, 3.05) is 24.9 Å². The minimum Gasteiger partial charge on any atom is -0.465 e. The predicted octanol–water partition coefficient (Wildman–Crippen LogP) is 1.79. The summed E-state index contributed by atoms with van der Waals surface area (Å²) in [7, 11) is 1.35. The average molecular weight is 258 g/mol. The Morgan fingerprint density at radius 1 is 1.59 bits per heavy atom. The van der Waals surface area contributed by atoms with Gasteiger partial charge in [-0.25, -0.2) is 4.79 Å². The number of aryl methyl sites for hydroxylation is 1. The van der Waals surface area contributed by atoms with Crippen LogP contribution in [-0.2, 0) is 4.74 Å². The number of nitrogens with one attached hydrogen (secondary N) is 1. The first-order valence-electron chi connectivity index (χ1n) is 5.25. The molecule has 2 N–H and O–H groups in total. The van der Waals surface area contributed by atoms with Crippen LogP contribution in [0, 0.1) is 6.92 Å². The summed E-state index contributed by atoms with van der Waals surface area (Å²) in [6.07, 6.45) is -0.586. The number of hydrogen-bond donors (Lipinski definition) is 2. The molecule has 0 fully saturated rings. The SMILES string of the molecule is COC(=O)c1ccc(NCC(O)CCl)cc1C. The summed E-state index contributed by atoms with van der Waals surface area (Å²) in [6.45, 7) is 2.20. The van der Waals surface area contributed by atoms with E-state index in [4.69, 9.17) is 11.6 Å². The number of esters is 1. The molecular weight excluding hydrogens is 242 g/mol. The molecule has 0 aliphatic heterocycles. The van der Waals surface area contributed by atoms with Gasteiger partial charge in [0.05, 0.1) is 24.7 Å². The van der Waals surface area contributed by atoms with Crippen LogP contribution in [0.25, 0.3) is 0 Å². The second-order valence-electron chi connectivity index (χ2n) is 3.71. The largest absolute Gasteiger partial charge is 0.465 e. The fraction of sp³-hybridized carbons (Fsp3) is 0.417. The number of ether oxygens (including phenoxy) is 1. The van der Waals surface area contributed by atoms with Gasteiger partial charge in [0.15, 0.2) is 0 Å². The second kappa shape index (κ2) is 6.47. The molecule has 1 unspecified atom stereocenters. The molecule has 1 aromatic carbocycles. The summed E-state index contributed by atoms with van der Waals surface area (Å²) in [6, 6.07) is 5.28. The Morgan fingerprint density at radius 3 is 2.82 bits per heavy atom. The van der Waals surface area contributed by atoms with Gasteiger partial charge in [-0.1, -0.05) is 0 Å². The van der Waals surface area contributed by atoms with Gasteiger partial charge in [0.25, 0.3) is 0 Å². The van der Waals surface area contributed by atoms with E-state index in [1.807, 2.05) is 13.0 Å². The molecule has 0 radical (unpaired) electrons. The molecule has 0 spiro atoms.